The van der Waals surface area contributed by atoms with Gasteiger partial charge in [0.25, 0.3) is 5.91 Å². The number of aliphatic carboxylic acids is 1. The van der Waals surface area contributed by atoms with Crippen molar-refractivity contribution in [3.8, 4) is 0 Å². The van der Waals surface area contributed by atoms with Gasteiger partial charge in [-0.2, -0.15) is 0 Å². The van der Waals surface area contributed by atoms with Crippen molar-refractivity contribution in [1.29, 1.82) is 0 Å². The lowest BCUT2D eigenvalue weighted by Crippen LogP contribution is -2.41. The number of hydrogen-bond acceptors (Lipinski definition) is 3. The van der Waals surface area contributed by atoms with Crippen LogP contribution in [0.4, 0.5) is 5.69 Å². The minimum absolute atomic E-state index is 0.208. The Morgan fingerprint density at radius 3 is 2.57 bits per heavy atom. The Morgan fingerprint density at radius 2 is 2.10 bits per heavy atom. The predicted molar refractivity (Wildman–Crippen MR) is 82.2 cm³/mol. The SMILES string of the molecule is CCC(C)(OC)C(=O)Nc1ccc(/C=C/C(=O)O)c(C)c1. The Labute approximate surface area is 124 Å². The maximum absolute atomic E-state index is 12.2. The van der Waals surface area contributed by atoms with Crippen LogP contribution in [0.5, 0.6) is 0 Å². The normalized spacial score (nSPS) is 13.9. The van der Waals surface area contributed by atoms with Crippen molar-refractivity contribution in [2.75, 3.05) is 12.4 Å². The second-order valence-corrected chi connectivity index (χ2v) is 4.99. The number of carbonyl (C=O) groups excluding carboxylic acids is 1. The Bertz CT molecular complexity index is 559. The van der Waals surface area contributed by atoms with Crippen molar-refractivity contribution in [3.63, 3.8) is 0 Å². The quantitative estimate of drug-likeness (QED) is 0.790. The Balaban J connectivity index is 2.90. The number of nitrogens with one attached hydrogen (secondary N) is 1. The molecular formula is C16H21NO4. The molecule has 2 N–H and O–H groups in total. The van der Waals surface area contributed by atoms with Crippen molar-refractivity contribution in [1.82, 2.24) is 0 Å². The summed E-state index contributed by atoms with van der Waals surface area (Å²) in [6, 6.07) is 5.30. The van der Waals surface area contributed by atoms with Gasteiger partial charge in [-0.15, -0.1) is 0 Å². The van der Waals surface area contributed by atoms with Crippen LogP contribution in [0.25, 0.3) is 6.08 Å². The third kappa shape index (κ3) is 4.43. The zero-order valence-corrected chi connectivity index (χ0v) is 12.8. The molecule has 0 radical (unpaired) electrons. The van der Waals surface area contributed by atoms with Gasteiger partial charge in [-0.1, -0.05) is 13.0 Å². The number of carboxylic acids is 1. The fourth-order valence-corrected chi connectivity index (χ4v) is 1.76. The monoisotopic (exact) mass is 291 g/mol. The second kappa shape index (κ2) is 7.04. The van der Waals surface area contributed by atoms with Crippen LogP contribution < -0.4 is 5.32 Å². The number of methoxy groups -OCH3 is 1. The summed E-state index contributed by atoms with van der Waals surface area (Å²) >= 11 is 0. The number of carbonyl (C=O) groups is 2. The molecule has 114 valence electrons. The molecule has 21 heavy (non-hydrogen) atoms. The van der Waals surface area contributed by atoms with Gasteiger partial charge in [0, 0.05) is 18.9 Å². The molecule has 5 nitrogen and oxygen atoms in total. The third-order valence-corrected chi connectivity index (χ3v) is 3.54. The highest BCUT2D eigenvalue weighted by atomic mass is 16.5. The smallest absolute Gasteiger partial charge is 0.328 e. The van der Waals surface area contributed by atoms with Gasteiger partial charge in [-0.05, 0) is 49.6 Å². The number of rotatable bonds is 6. The minimum Gasteiger partial charge on any atom is -0.478 e. The molecule has 0 aliphatic heterocycles. The molecule has 0 aromatic heterocycles. The molecule has 0 saturated carbocycles. The first-order valence-corrected chi connectivity index (χ1v) is 6.70. The summed E-state index contributed by atoms with van der Waals surface area (Å²) in [5.74, 6) is -1.20. The van der Waals surface area contributed by atoms with Gasteiger partial charge in [0.05, 0.1) is 0 Å². The standard InChI is InChI=1S/C16H21NO4/c1-5-16(3,21-4)15(20)17-13-8-6-12(11(2)10-13)7-9-14(18)19/h6-10H,5H2,1-4H3,(H,17,20)(H,18,19)/b9-7+. The summed E-state index contributed by atoms with van der Waals surface area (Å²) in [6.45, 7) is 5.47. The van der Waals surface area contributed by atoms with Crippen molar-refractivity contribution in [2.45, 2.75) is 32.8 Å². The highest BCUT2D eigenvalue weighted by Crippen LogP contribution is 2.20. The predicted octanol–water partition coefficient (Wildman–Crippen LogP) is 2.85. The van der Waals surface area contributed by atoms with Crippen LogP contribution in [0, 0.1) is 6.92 Å². The zero-order valence-electron chi connectivity index (χ0n) is 12.8. The number of aryl methyl sites for hydroxylation is 1. The number of carboxylic acid groups (broad SMARTS) is 1. The first-order chi connectivity index (χ1) is 9.82. The van der Waals surface area contributed by atoms with E-state index in [9.17, 15) is 9.59 Å². The van der Waals surface area contributed by atoms with Crippen LogP contribution in [0.2, 0.25) is 0 Å². The lowest BCUT2D eigenvalue weighted by atomic mass is 10.0. The first-order valence-electron chi connectivity index (χ1n) is 6.70. The molecule has 0 spiro atoms. The van der Waals surface area contributed by atoms with E-state index in [2.05, 4.69) is 5.32 Å². The van der Waals surface area contributed by atoms with E-state index < -0.39 is 11.6 Å². The molecule has 1 unspecified atom stereocenters. The molecule has 0 fully saturated rings. The summed E-state index contributed by atoms with van der Waals surface area (Å²) in [7, 11) is 1.51. The van der Waals surface area contributed by atoms with E-state index in [1.807, 2.05) is 13.8 Å². The number of benzene rings is 1. The Hall–Kier alpha value is -2.14. The summed E-state index contributed by atoms with van der Waals surface area (Å²) in [5.41, 5.74) is 1.46. The number of anilines is 1. The molecule has 0 saturated heterocycles. The molecule has 0 aliphatic carbocycles. The van der Waals surface area contributed by atoms with Gasteiger partial charge >= 0.3 is 5.97 Å². The summed E-state index contributed by atoms with van der Waals surface area (Å²) in [4.78, 5) is 22.7. The number of ether oxygens (including phenoxy) is 1. The molecular weight excluding hydrogens is 270 g/mol. The van der Waals surface area contributed by atoms with E-state index >= 15 is 0 Å². The van der Waals surface area contributed by atoms with E-state index in [0.717, 1.165) is 17.2 Å². The van der Waals surface area contributed by atoms with Crippen LogP contribution in [-0.2, 0) is 14.3 Å². The third-order valence-electron chi connectivity index (χ3n) is 3.54. The zero-order chi connectivity index (χ0) is 16.0. The number of hydrogen-bond donors (Lipinski definition) is 2. The average molecular weight is 291 g/mol. The van der Waals surface area contributed by atoms with Gasteiger partial charge in [0.1, 0.15) is 5.60 Å². The minimum atomic E-state index is -0.995. The molecule has 1 atom stereocenters. The second-order valence-electron chi connectivity index (χ2n) is 4.99. The first kappa shape index (κ1) is 16.9. The molecule has 1 aromatic rings. The van der Waals surface area contributed by atoms with Crippen molar-refractivity contribution in [3.05, 3.63) is 35.4 Å². The van der Waals surface area contributed by atoms with Crippen molar-refractivity contribution < 1.29 is 19.4 Å². The molecule has 0 heterocycles. The van der Waals surface area contributed by atoms with Crippen molar-refractivity contribution >= 4 is 23.6 Å². The summed E-state index contributed by atoms with van der Waals surface area (Å²) < 4.78 is 5.25. The van der Waals surface area contributed by atoms with Gasteiger partial charge < -0.3 is 15.2 Å². The van der Waals surface area contributed by atoms with Crippen LogP contribution in [0.3, 0.4) is 0 Å². The molecule has 0 bridgehead atoms. The fourth-order valence-electron chi connectivity index (χ4n) is 1.76. The number of amides is 1. The molecule has 1 amide bonds. The topological polar surface area (TPSA) is 75.6 Å². The lowest BCUT2D eigenvalue weighted by Gasteiger charge is -2.25. The summed E-state index contributed by atoms with van der Waals surface area (Å²) in [5, 5.41) is 11.4. The average Bonchev–Trinajstić information content (AvgIpc) is 2.45. The maximum atomic E-state index is 12.2. The van der Waals surface area contributed by atoms with Gasteiger partial charge in [-0.25, -0.2) is 4.79 Å². The Kier molecular flexibility index (Phi) is 5.67. The molecule has 0 aliphatic rings. The highest BCUT2D eigenvalue weighted by molar-refractivity contribution is 5.97. The van der Waals surface area contributed by atoms with Gasteiger partial charge in [0.2, 0.25) is 0 Å². The molecule has 1 rings (SSSR count). The van der Waals surface area contributed by atoms with E-state index in [4.69, 9.17) is 9.84 Å². The fraction of sp³-hybridized carbons (Fsp3) is 0.375. The van der Waals surface area contributed by atoms with Crippen molar-refractivity contribution in [2.24, 2.45) is 0 Å². The van der Waals surface area contributed by atoms with Crippen LogP contribution in [0.15, 0.2) is 24.3 Å². The largest absolute Gasteiger partial charge is 0.478 e. The van der Waals surface area contributed by atoms with E-state index in [0.29, 0.717) is 12.1 Å². The van der Waals surface area contributed by atoms with E-state index in [1.54, 1.807) is 25.1 Å². The lowest BCUT2D eigenvalue weighted by molar-refractivity contribution is -0.136. The molecule has 1 aromatic carbocycles. The van der Waals surface area contributed by atoms with E-state index in [-0.39, 0.29) is 5.91 Å². The van der Waals surface area contributed by atoms with Crippen LogP contribution in [-0.4, -0.2) is 29.7 Å². The van der Waals surface area contributed by atoms with Crippen LogP contribution >= 0.6 is 0 Å². The van der Waals surface area contributed by atoms with Gasteiger partial charge in [-0.3, -0.25) is 4.79 Å². The van der Waals surface area contributed by atoms with Gasteiger partial charge in [0.15, 0.2) is 0 Å². The highest BCUT2D eigenvalue weighted by Gasteiger charge is 2.30. The summed E-state index contributed by atoms with van der Waals surface area (Å²) in [6.07, 6.45) is 3.17. The van der Waals surface area contributed by atoms with E-state index in [1.165, 1.54) is 13.2 Å². The molecule has 5 heteroatoms. The van der Waals surface area contributed by atoms with Crippen LogP contribution in [0.1, 0.15) is 31.4 Å². The Morgan fingerprint density at radius 1 is 1.43 bits per heavy atom. The maximum Gasteiger partial charge on any atom is 0.328 e.